The lowest BCUT2D eigenvalue weighted by molar-refractivity contribution is 0.141. The van der Waals surface area contributed by atoms with Gasteiger partial charge in [0.05, 0.1) is 0 Å². The number of thiophene rings is 1. The van der Waals surface area contributed by atoms with Crippen LogP contribution in [-0.4, -0.2) is 34.4 Å². The molecular weight excluding hydrogens is 326 g/mol. The second-order valence-corrected chi connectivity index (χ2v) is 8.73. The highest BCUT2D eigenvalue weighted by molar-refractivity contribution is 7.11. The molecule has 0 aliphatic carbocycles. The van der Waals surface area contributed by atoms with Crippen LogP contribution in [0.4, 0.5) is 0 Å². The van der Waals surface area contributed by atoms with Gasteiger partial charge in [-0.1, -0.05) is 18.9 Å². The molecule has 134 valence electrons. The molecule has 2 aliphatic rings. The van der Waals surface area contributed by atoms with Crippen LogP contribution in [-0.2, 0) is 13.1 Å². The number of hydrogen-bond acceptors (Lipinski definition) is 4. The normalized spacial score (nSPS) is 23.0. The van der Waals surface area contributed by atoms with Crippen LogP contribution in [0, 0.1) is 0 Å². The van der Waals surface area contributed by atoms with Gasteiger partial charge in [0.15, 0.2) is 0 Å². The Hall–Kier alpha value is -1.23. The van der Waals surface area contributed by atoms with E-state index in [2.05, 4.69) is 45.2 Å². The second kappa shape index (κ2) is 8.43. The van der Waals surface area contributed by atoms with Gasteiger partial charge in [-0.2, -0.15) is 0 Å². The van der Waals surface area contributed by atoms with Crippen LogP contribution in [0.5, 0.6) is 0 Å². The van der Waals surface area contributed by atoms with Crippen LogP contribution in [0.25, 0.3) is 0 Å². The molecule has 2 fully saturated rings. The van der Waals surface area contributed by atoms with Crippen molar-refractivity contribution in [2.75, 3.05) is 19.6 Å². The summed E-state index contributed by atoms with van der Waals surface area (Å²) in [5.41, 5.74) is 1.38. The van der Waals surface area contributed by atoms with Crippen molar-refractivity contribution in [2.45, 2.75) is 57.7 Å². The zero-order chi connectivity index (χ0) is 16.9. The summed E-state index contributed by atoms with van der Waals surface area (Å²) in [5.74, 6) is 0. The van der Waals surface area contributed by atoms with Crippen molar-refractivity contribution < 1.29 is 0 Å². The van der Waals surface area contributed by atoms with Gasteiger partial charge in [-0.05, 0) is 69.1 Å². The van der Waals surface area contributed by atoms with Gasteiger partial charge in [0.25, 0.3) is 0 Å². The first-order chi connectivity index (χ1) is 12.4. The highest BCUT2D eigenvalue weighted by atomic mass is 32.1. The molecule has 0 N–H and O–H groups in total. The average molecular weight is 356 g/mol. The summed E-state index contributed by atoms with van der Waals surface area (Å²) in [6.07, 6.45) is 12.0. The van der Waals surface area contributed by atoms with E-state index in [4.69, 9.17) is 0 Å². The molecule has 2 aromatic rings. The summed E-state index contributed by atoms with van der Waals surface area (Å²) in [6, 6.07) is 9.57. The maximum absolute atomic E-state index is 4.34. The molecule has 0 aromatic carbocycles. The third kappa shape index (κ3) is 4.49. The van der Waals surface area contributed by atoms with Crippen molar-refractivity contribution in [1.29, 1.82) is 0 Å². The lowest BCUT2D eigenvalue weighted by atomic mass is 9.96. The average Bonchev–Trinajstić information content (AvgIpc) is 3.10. The zero-order valence-corrected chi connectivity index (χ0v) is 15.9. The first-order valence-electron chi connectivity index (χ1n) is 9.82. The third-order valence-corrected chi connectivity index (χ3v) is 6.64. The van der Waals surface area contributed by atoms with Crippen LogP contribution in [0.2, 0.25) is 0 Å². The first-order valence-corrected chi connectivity index (χ1v) is 10.6. The summed E-state index contributed by atoms with van der Waals surface area (Å²) < 4.78 is 0. The Kier molecular flexibility index (Phi) is 5.80. The number of pyridine rings is 1. The molecule has 2 aliphatic heterocycles. The second-order valence-electron chi connectivity index (χ2n) is 7.47. The molecule has 0 radical (unpaired) electrons. The Morgan fingerprint density at radius 2 is 1.72 bits per heavy atom. The minimum atomic E-state index is 0.537. The van der Waals surface area contributed by atoms with Crippen LogP contribution in [0.3, 0.4) is 0 Å². The van der Waals surface area contributed by atoms with Crippen molar-refractivity contribution in [3.8, 4) is 0 Å². The minimum Gasteiger partial charge on any atom is -0.298 e. The molecule has 3 nitrogen and oxygen atoms in total. The monoisotopic (exact) mass is 355 g/mol. The molecule has 0 spiro atoms. The van der Waals surface area contributed by atoms with E-state index in [0.717, 1.165) is 13.1 Å². The lowest BCUT2D eigenvalue weighted by Gasteiger charge is -2.35. The fourth-order valence-electron chi connectivity index (χ4n) is 4.26. The molecule has 1 atom stereocenters. The van der Waals surface area contributed by atoms with Gasteiger partial charge in [0.2, 0.25) is 0 Å². The molecule has 0 saturated carbocycles. The van der Waals surface area contributed by atoms with Crippen LogP contribution < -0.4 is 0 Å². The Morgan fingerprint density at radius 3 is 2.52 bits per heavy atom. The van der Waals surface area contributed by atoms with E-state index in [-0.39, 0.29) is 0 Å². The predicted octanol–water partition coefficient (Wildman–Crippen LogP) is 4.86. The quantitative estimate of drug-likeness (QED) is 0.764. The van der Waals surface area contributed by atoms with E-state index in [1.165, 1.54) is 73.5 Å². The van der Waals surface area contributed by atoms with Crippen molar-refractivity contribution in [3.63, 3.8) is 0 Å². The molecule has 0 bridgehead atoms. The Morgan fingerprint density at radius 1 is 0.920 bits per heavy atom. The number of likely N-dealkylation sites (tertiary alicyclic amines) is 2. The smallest absolute Gasteiger partial charge is 0.0367 e. The van der Waals surface area contributed by atoms with Gasteiger partial charge in [-0.15, -0.1) is 11.3 Å². The minimum absolute atomic E-state index is 0.537. The third-order valence-electron chi connectivity index (χ3n) is 5.59. The fraction of sp³-hybridized carbons (Fsp3) is 0.571. The molecule has 25 heavy (non-hydrogen) atoms. The van der Waals surface area contributed by atoms with E-state index in [9.17, 15) is 0 Å². The molecule has 2 aromatic heterocycles. The summed E-state index contributed by atoms with van der Waals surface area (Å²) in [4.78, 5) is 12.7. The number of nitrogens with zero attached hydrogens (tertiary/aromatic N) is 3. The van der Waals surface area contributed by atoms with Gasteiger partial charge in [0.1, 0.15) is 0 Å². The van der Waals surface area contributed by atoms with E-state index in [1.54, 1.807) is 0 Å². The molecule has 1 unspecified atom stereocenters. The van der Waals surface area contributed by atoms with Gasteiger partial charge in [-0.25, -0.2) is 0 Å². The summed E-state index contributed by atoms with van der Waals surface area (Å²) >= 11 is 2.02. The van der Waals surface area contributed by atoms with Crippen LogP contribution in [0.15, 0.2) is 36.7 Å². The van der Waals surface area contributed by atoms with Crippen LogP contribution >= 0.6 is 11.3 Å². The zero-order valence-electron chi connectivity index (χ0n) is 15.1. The van der Waals surface area contributed by atoms with Gasteiger partial charge >= 0.3 is 0 Å². The number of hydrogen-bond donors (Lipinski definition) is 0. The fourth-order valence-corrected chi connectivity index (χ4v) is 5.35. The van der Waals surface area contributed by atoms with E-state index in [1.807, 2.05) is 17.5 Å². The van der Waals surface area contributed by atoms with Gasteiger partial charge in [0, 0.05) is 41.3 Å². The Balaban J connectivity index is 1.40. The van der Waals surface area contributed by atoms with Gasteiger partial charge < -0.3 is 0 Å². The van der Waals surface area contributed by atoms with Crippen molar-refractivity contribution >= 4 is 11.3 Å². The Bertz CT molecular complexity index is 648. The molecule has 4 heteroatoms. The van der Waals surface area contributed by atoms with Crippen molar-refractivity contribution in [2.24, 2.45) is 0 Å². The van der Waals surface area contributed by atoms with E-state index >= 15 is 0 Å². The molecule has 4 rings (SSSR count). The van der Waals surface area contributed by atoms with Crippen molar-refractivity contribution in [1.82, 2.24) is 14.8 Å². The molecule has 4 heterocycles. The molecular formula is C21H29N3S. The molecule has 0 amide bonds. The summed E-state index contributed by atoms with van der Waals surface area (Å²) in [5, 5.41) is 0. The lowest BCUT2D eigenvalue weighted by Crippen LogP contribution is -2.32. The highest BCUT2D eigenvalue weighted by Crippen LogP contribution is 2.33. The van der Waals surface area contributed by atoms with E-state index in [0.29, 0.717) is 6.04 Å². The summed E-state index contributed by atoms with van der Waals surface area (Å²) in [6.45, 7) is 6.00. The number of piperidine rings is 2. The Labute approximate surface area is 155 Å². The van der Waals surface area contributed by atoms with E-state index < -0.39 is 0 Å². The molecule has 2 saturated heterocycles. The standard InChI is InChI=1S/C21H29N3S/c1-3-12-23(13-4-1)16-19-9-10-20(25-19)17-24-14-5-2-8-21(24)18-7-6-11-22-15-18/h6-7,9-11,15,21H,1-5,8,12-14,16-17H2. The first kappa shape index (κ1) is 17.2. The van der Waals surface area contributed by atoms with Crippen molar-refractivity contribution in [3.05, 3.63) is 52.0 Å². The number of rotatable bonds is 5. The van der Waals surface area contributed by atoms with Gasteiger partial charge in [-0.3, -0.25) is 14.8 Å². The maximum Gasteiger partial charge on any atom is 0.0367 e. The largest absolute Gasteiger partial charge is 0.298 e. The van der Waals surface area contributed by atoms with Crippen LogP contribution in [0.1, 0.15) is 59.9 Å². The highest BCUT2D eigenvalue weighted by Gasteiger charge is 2.24. The topological polar surface area (TPSA) is 19.4 Å². The summed E-state index contributed by atoms with van der Waals surface area (Å²) in [7, 11) is 0. The maximum atomic E-state index is 4.34. The number of aromatic nitrogens is 1. The SMILES string of the molecule is c1cncc(C2CCCCN2Cc2ccc(CN3CCCCC3)s2)c1. The predicted molar refractivity (Wildman–Crippen MR) is 105 cm³/mol.